The zero-order valence-electron chi connectivity index (χ0n) is 10.9. The molecule has 0 aliphatic heterocycles. The smallest absolute Gasteiger partial charge is 0.0246 e. The highest BCUT2D eigenvalue weighted by atomic mass is 15.2. The second kappa shape index (κ2) is 3.74. The van der Waals surface area contributed by atoms with Crippen LogP contribution in [0, 0.1) is 11.8 Å². The lowest BCUT2D eigenvalue weighted by Gasteiger charge is -2.40. The van der Waals surface area contributed by atoms with Crippen molar-refractivity contribution in [1.29, 1.82) is 0 Å². The first-order valence-electron chi connectivity index (χ1n) is 6.31. The van der Waals surface area contributed by atoms with Crippen LogP contribution in [0.1, 0.15) is 40.0 Å². The molecule has 0 aromatic heterocycles. The normalized spacial score (nSPS) is 40.4. The minimum atomic E-state index is 0.251. The molecule has 0 aromatic rings. The van der Waals surface area contributed by atoms with Crippen LogP contribution in [0.3, 0.4) is 0 Å². The van der Waals surface area contributed by atoms with E-state index in [1.165, 1.54) is 19.3 Å². The van der Waals surface area contributed by atoms with Crippen LogP contribution >= 0.6 is 0 Å². The summed E-state index contributed by atoms with van der Waals surface area (Å²) in [6, 6.07) is 1.44. The molecule has 1 N–H and O–H groups in total. The third-order valence-corrected chi connectivity index (χ3v) is 3.92. The van der Waals surface area contributed by atoms with Crippen LogP contribution in [0.4, 0.5) is 0 Å². The molecule has 0 spiro atoms. The summed E-state index contributed by atoms with van der Waals surface area (Å²) in [6.07, 6.45) is 4.29. The number of hydrogen-bond donors (Lipinski definition) is 1. The fourth-order valence-electron chi connectivity index (χ4n) is 3.13. The van der Waals surface area contributed by atoms with Gasteiger partial charge in [0.05, 0.1) is 0 Å². The van der Waals surface area contributed by atoms with Crippen LogP contribution in [0.2, 0.25) is 0 Å². The minimum Gasteiger partial charge on any atom is -0.308 e. The largest absolute Gasteiger partial charge is 0.308 e. The van der Waals surface area contributed by atoms with Gasteiger partial charge in [-0.15, -0.1) is 0 Å². The van der Waals surface area contributed by atoms with E-state index in [1.807, 2.05) is 0 Å². The van der Waals surface area contributed by atoms with E-state index in [4.69, 9.17) is 0 Å². The molecular formula is C13H26N2. The molecule has 2 saturated carbocycles. The first kappa shape index (κ1) is 11.4. The van der Waals surface area contributed by atoms with Crippen LogP contribution in [0.15, 0.2) is 0 Å². The van der Waals surface area contributed by atoms with Gasteiger partial charge in [0, 0.05) is 17.6 Å². The Bertz CT molecular complexity index is 229. The van der Waals surface area contributed by atoms with E-state index < -0.39 is 0 Å². The van der Waals surface area contributed by atoms with Gasteiger partial charge in [0.15, 0.2) is 0 Å². The average molecular weight is 210 g/mol. The van der Waals surface area contributed by atoms with Crippen molar-refractivity contribution in [2.45, 2.75) is 57.7 Å². The molecule has 2 nitrogen and oxygen atoms in total. The molecule has 0 radical (unpaired) electrons. The van der Waals surface area contributed by atoms with Crippen LogP contribution in [-0.4, -0.2) is 36.6 Å². The van der Waals surface area contributed by atoms with Crippen LogP contribution < -0.4 is 5.32 Å². The maximum atomic E-state index is 3.80. The van der Waals surface area contributed by atoms with Gasteiger partial charge in [-0.1, -0.05) is 0 Å². The first-order chi connectivity index (χ1) is 6.87. The van der Waals surface area contributed by atoms with Gasteiger partial charge in [0.2, 0.25) is 0 Å². The number of fused-ring (bicyclic) bond motifs is 1. The first-order valence-corrected chi connectivity index (χ1v) is 6.31. The molecule has 4 atom stereocenters. The zero-order chi connectivity index (χ0) is 11.2. The molecule has 0 saturated heterocycles. The molecule has 0 unspecified atom stereocenters. The Morgan fingerprint density at radius 2 is 1.60 bits per heavy atom. The Morgan fingerprint density at radius 1 is 1.00 bits per heavy atom. The number of nitrogens with zero attached hydrogens (tertiary/aromatic N) is 1. The number of hydrogen-bond acceptors (Lipinski definition) is 2. The van der Waals surface area contributed by atoms with E-state index >= 15 is 0 Å². The molecule has 2 aliphatic rings. The van der Waals surface area contributed by atoms with Gasteiger partial charge in [-0.25, -0.2) is 0 Å². The summed E-state index contributed by atoms with van der Waals surface area (Å²) in [5.41, 5.74) is 0.251. The van der Waals surface area contributed by atoms with Crippen molar-refractivity contribution in [3.05, 3.63) is 0 Å². The lowest BCUT2D eigenvalue weighted by molar-refractivity contribution is 0.150. The Balaban J connectivity index is 1.99. The topological polar surface area (TPSA) is 15.3 Å². The highest BCUT2D eigenvalue weighted by Crippen LogP contribution is 2.50. The van der Waals surface area contributed by atoms with Crippen molar-refractivity contribution in [2.24, 2.45) is 11.8 Å². The van der Waals surface area contributed by atoms with Crippen molar-refractivity contribution in [2.75, 3.05) is 14.1 Å². The van der Waals surface area contributed by atoms with Crippen molar-refractivity contribution in [3.8, 4) is 0 Å². The van der Waals surface area contributed by atoms with E-state index in [9.17, 15) is 0 Å². The van der Waals surface area contributed by atoms with Gasteiger partial charge >= 0.3 is 0 Å². The number of likely N-dealkylation sites (N-methyl/N-ethyl adjacent to an activating group) is 1. The predicted molar refractivity (Wildman–Crippen MR) is 65.0 cm³/mol. The highest BCUT2D eigenvalue weighted by Gasteiger charge is 2.47. The van der Waals surface area contributed by atoms with Gasteiger partial charge in [0.1, 0.15) is 0 Å². The summed E-state index contributed by atoms with van der Waals surface area (Å²) < 4.78 is 0. The standard InChI is InChI=1S/C13H26N2/c1-13(2,3)14-11-7-9-6-10(9)8-12(11)15(4)5/h9-12,14H,6-8H2,1-5H3/t9-,10+,11+,12+/m0/s1. The molecule has 2 heteroatoms. The minimum absolute atomic E-state index is 0.251. The molecule has 2 fully saturated rings. The quantitative estimate of drug-likeness (QED) is 0.751. The number of rotatable bonds is 2. The molecule has 0 bridgehead atoms. The van der Waals surface area contributed by atoms with E-state index in [1.54, 1.807) is 0 Å². The van der Waals surface area contributed by atoms with Gasteiger partial charge in [0.25, 0.3) is 0 Å². The Morgan fingerprint density at radius 3 is 2.13 bits per heavy atom. The fraction of sp³-hybridized carbons (Fsp3) is 1.00. The SMILES string of the molecule is CN(C)[C@@H]1C[C@H]2C[C@H]2C[C@H]1NC(C)(C)C. The molecule has 88 valence electrons. The van der Waals surface area contributed by atoms with Gasteiger partial charge < -0.3 is 10.2 Å². The van der Waals surface area contributed by atoms with Crippen LogP contribution in [0.25, 0.3) is 0 Å². The lowest BCUT2D eigenvalue weighted by Crippen LogP contribution is -2.55. The van der Waals surface area contributed by atoms with E-state index in [2.05, 4.69) is 45.1 Å². The van der Waals surface area contributed by atoms with Crippen molar-refractivity contribution in [3.63, 3.8) is 0 Å². The Kier molecular flexibility index (Phi) is 2.85. The summed E-state index contributed by atoms with van der Waals surface area (Å²) in [5, 5.41) is 3.80. The molecular weight excluding hydrogens is 184 g/mol. The van der Waals surface area contributed by atoms with Gasteiger partial charge in [-0.2, -0.15) is 0 Å². The summed E-state index contributed by atoms with van der Waals surface area (Å²) in [7, 11) is 4.45. The van der Waals surface area contributed by atoms with E-state index in [0.29, 0.717) is 6.04 Å². The monoisotopic (exact) mass is 210 g/mol. The lowest BCUT2D eigenvalue weighted by atomic mass is 9.88. The van der Waals surface area contributed by atoms with Crippen LogP contribution in [0.5, 0.6) is 0 Å². The number of nitrogens with one attached hydrogen (secondary N) is 1. The third kappa shape index (κ3) is 2.73. The second-order valence-electron chi connectivity index (χ2n) is 6.76. The zero-order valence-corrected chi connectivity index (χ0v) is 10.9. The molecule has 15 heavy (non-hydrogen) atoms. The Labute approximate surface area is 94.4 Å². The van der Waals surface area contributed by atoms with E-state index in [0.717, 1.165) is 17.9 Å². The van der Waals surface area contributed by atoms with Crippen molar-refractivity contribution < 1.29 is 0 Å². The summed E-state index contributed by atoms with van der Waals surface area (Å²) in [5.74, 6) is 2.09. The molecule has 2 rings (SSSR count). The average Bonchev–Trinajstić information content (AvgIpc) is 2.76. The fourth-order valence-corrected chi connectivity index (χ4v) is 3.13. The third-order valence-electron chi connectivity index (χ3n) is 3.92. The van der Waals surface area contributed by atoms with Crippen LogP contribution in [-0.2, 0) is 0 Å². The van der Waals surface area contributed by atoms with Crippen molar-refractivity contribution >= 4 is 0 Å². The molecule has 2 aliphatic carbocycles. The summed E-state index contributed by atoms with van der Waals surface area (Å²) in [4.78, 5) is 2.41. The highest BCUT2D eigenvalue weighted by molar-refractivity contribution is 5.02. The van der Waals surface area contributed by atoms with Crippen molar-refractivity contribution in [1.82, 2.24) is 10.2 Å². The Hall–Kier alpha value is -0.0800. The predicted octanol–water partition coefficient (Wildman–Crippen LogP) is 2.10. The summed E-state index contributed by atoms with van der Waals surface area (Å²) in [6.45, 7) is 6.83. The summed E-state index contributed by atoms with van der Waals surface area (Å²) >= 11 is 0. The molecule has 0 amide bonds. The van der Waals surface area contributed by atoms with Gasteiger partial charge in [-0.3, -0.25) is 0 Å². The van der Waals surface area contributed by atoms with Gasteiger partial charge in [-0.05, 0) is 66.0 Å². The molecule has 0 aromatic carbocycles. The second-order valence-corrected chi connectivity index (χ2v) is 6.76. The molecule has 0 heterocycles. The maximum absolute atomic E-state index is 3.80. The maximum Gasteiger partial charge on any atom is 0.0246 e. The van der Waals surface area contributed by atoms with E-state index in [-0.39, 0.29) is 5.54 Å².